The Morgan fingerprint density at radius 3 is 1.52 bits per heavy atom. The SMILES string of the molecule is Nc1c(CN2CCCCC2)cc(CN2CCCCC2)c(O)c1CN1CCCCC1. The second-order valence-electron chi connectivity index (χ2n) is 9.45. The van der Waals surface area contributed by atoms with Gasteiger partial charge in [0.1, 0.15) is 5.75 Å². The van der Waals surface area contributed by atoms with E-state index in [0.717, 1.165) is 62.6 Å². The summed E-state index contributed by atoms with van der Waals surface area (Å²) in [5, 5.41) is 11.2. The van der Waals surface area contributed by atoms with Gasteiger partial charge in [-0.15, -0.1) is 0 Å². The van der Waals surface area contributed by atoms with Crippen molar-refractivity contribution >= 4 is 5.69 Å². The quantitative estimate of drug-likeness (QED) is 0.709. The van der Waals surface area contributed by atoms with Crippen LogP contribution >= 0.6 is 0 Å². The minimum Gasteiger partial charge on any atom is -0.507 e. The Kier molecular flexibility index (Phi) is 7.33. The van der Waals surface area contributed by atoms with Crippen LogP contribution in [0, 0.1) is 0 Å². The molecule has 3 aliphatic heterocycles. The van der Waals surface area contributed by atoms with Crippen molar-refractivity contribution in [1.29, 1.82) is 0 Å². The summed E-state index contributed by atoms with van der Waals surface area (Å²) in [6, 6.07) is 2.22. The zero-order chi connectivity index (χ0) is 20.1. The molecule has 3 fully saturated rings. The molecule has 29 heavy (non-hydrogen) atoms. The van der Waals surface area contributed by atoms with E-state index in [1.807, 2.05) is 0 Å². The maximum Gasteiger partial charge on any atom is 0.126 e. The molecule has 3 saturated heterocycles. The fraction of sp³-hybridized carbons (Fsp3) is 0.750. The number of rotatable bonds is 6. The number of phenolic OH excluding ortho intramolecular Hbond substituents is 1. The van der Waals surface area contributed by atoms with E-state index in [9.17, 15) is 5.11 Å². The molecule has 162 valence electrons. The van der Waals surface area contributed by atoms with E-state index in [1.165, 1.54) is 76.4 Å². The number of nitrogen functional groups attached to an aromatic ring is 1. The average Bonchev–Trinajstić information content (AvgIpc) is 2.77. The number of benzene rings is 1. The van der Waals surface area contributed by atoms with Crippen LogP contribution in [0.4, 0.5) is 5.69 Å². The second-order valence-corrected chi connectivity index (χ2v) is 9.45. The van der Waals surface area contributed by atoms with E-state index < -0.39 is 0 Å². The van der Waals surface area contributed by atoms with Gasteiger partial charge < -0.3 is 10.8 Å². The van der Waals surface area contributed by atoms with Gasteiger partial charge in [-0.25, -0.2) is 0 Å². The van der Waals surface area contributed by atoms with Crippen molar-refractivity contribution < 1.29 is 5.11 Å². The van der Waals surface area contributed by atoms with Gasteiger partial charge in [-0.2, -0.15) is 0 Å². The van der Waals surface area contributed by atoms with Crippen LogP contribution < -0.4 is 5.73 Å². The highest BCUT2D eigenvalue weighted by Crippen LogP contribution is 2.35. The van der Waals surface area contributed by atoms with Gasteiger partial charge in [0, 0.05) is 36.4 Å². The Balaban J connectivity index is 1.59. The Bertz CT molecular complexity index is 615. The largest absolute Gasteiger partial charge is 0.507 e. The third-order valence-electron chi connectivity index (χ3n) is 7.13. The van der Waals surface area contributed by atoms with Crippen LogP contribution in [0.5, 0.6) is 5.75 Å². The Morgan fingerprint density at radius 2 is 1.03 bits per heavy atom. The Morgan fingerprint density at radius 1 is 0.621 bits per heavy atom. The smallest absolute Gasteiger partial charge is 0.126 e. The van der Waals surface area contributed by atoms with Crippen molar-refractivity contribution in [3.63, 3.8) is 0 Å². The standard InChI is InChI=1S/C24H40N4O/c25-23-20(17-26-10-4-1-5-11-26)16-21(18-27-12-6-2-7-13-27)24(29)22(23)19-28-14-8-3-9-15-28/h16,29H,1-15,17-19,25H2. The normalized spacial score (nSPS) is 22.8. The highest BCUT2D eigenvalue weighted by atomic mass is 16.3. The number of anilines is 1. The number of hydrogen-bond donors (Lipinski definition) is 2. The van der Waals surface area contributed by atoms with Crippen LogP contribution in [-0.2, 0) is 19.6 Å². The van der Waals surface area contributed by atoms with Gasteiger partial charge >= 0.3 is 0 Å². The summed E-state index contributed by atoms with van der Waals surface area (Å²) in [5.74, 6) is 0.459. The number of aromatic hydroxyl groups is 1. The van der Waals surface area contributed by atoms with Gasteiger partial charge in [-0.05, 0) is 89.4 Å². The highest BCUT2D eigenvalue weighted by molar-refractivity contribution is 5.62. The molecule has 1 aromatic carbocycles. The number of likely N-dealkylation sites (tertiary alicyclic amines) is 3. The monoisotopic (exact) mass is 400 g/mol. The summed E-state index contributed by atoms with van der Waals surface area (Å²) < 4.78 is 0. The van der Waals surface area contributed by atoms with Gasteiger partial charge in [-0.1, -0.05) is 19.3 Å². The molecule has 5 nitrogen and oxygen atoms in total. The van der Waals surface area contributed by atoms with Gasteiger partial charge in [0.05, 0.1) is 0 Å². The van der Waals surface area contributed by atoms with Crippen molar-refractivity contribution in [3.8, 4) is 5.75 Å². The van der Waals surface area contributed by atoms with Gasteiger partial charge in [0.2, 0.25) is 0 Å². The summed E-state index contributed by atoms with van der Waals surface area (Å²) in [7, 11) is 0. The average molecular weight is 401 g/mol. The summed E-state index contributed by atoms with van der Waals surface area (Å²) in [5.41, 5.74) is 10.8. The fourth-order valence-corrected chi connectivity index (χ4v) is 5.34. The van der Waals surface area contributed by atoms with E-state index in [0.29, 0.717) is 5.75 Å². The van der Waals surface area contributed by atoms with Gasteiger partial charge in [0.15, 0.2) is 0 Å². The molecule has 0 unspecified atom stereocenters. The minimum atomic E-state index is 0.459. The molecule has 0 amide bonds. The first-order chi connectivity index (χ1) is 14.2. The zero-order valence-electron chi connectivity index (χ0n) is 18.2. The molecule has 4 rings (SSSR count). The van der Waals surface area contributed by atoms with Gasteiger partial charge in [-0.3, -0.25) is 14.7 Å². The van der Waals surface area contributed by atoms with Crippen LogP contribution in [0.2, 0.25) is 0 Å². The molecular weight excluding hydrogens is 360 g/mol. The van der Waals surface area contributed by atoms with Crippen molar-refractivity contribution in [2.45, 2.75) is 77.4 Å². The summed E-state index contributed by atoms with van der Waals surface area (Å²) in [6.45, 7) is 9.44. The lowest BCUT2D eigenvalue weighted by Crippen LogP contribution is -2.32. The molecule has 3 heterocycles. The first kappa shape index (κ1) is 21.0. The molecule has 3 aliphatic rings. The van der Waals surface area contributed by atoms with Gasteiger partial charge in [0.25, 0.3) is 0 Å². The number of nitrogens with two attached hydrogens (primary N) is 1. The van der Waals surface area contributed by atoms with Crippen molar-refractivity contribution in [1.82, 2.24) is 14.7 Å². The molecule has 0 bridgehead atoms. The number of piperidine rings is 3. The van der Waals surface area contributed by atoms with E-state index in [1.54, 1.807) is 0 Å². The third kappa shape index (κ3) is 5.44. The third-order valence-corrected chi connectivity index (χ3v) is 7.13. The van der Waals surface area contributed by atoms with Crippen LogP contribution in [0.25, 0.3) is 0 Å². The number of hydrogen-bond acceptors (Lipinski definition) is 5. The van der Waals surface area contributed by atoms with Crippen molar-refractivity contribution in [2.24, 2.45) is 0 Å². The minimum absolute atomic E-state index is 0.459. The Hall–Kier alpha value is -1.30. The molecule has 3 N–H and O–H groups in total. The zero-order valence-corrected chi connectivity index (χ0v) is 18.2. The maximum absolute atomic E-state index is 11.2. The first-order valence-corrected chi connectivity index (χ1v) is 12.0. The first-order valence-electron chi connectivity index (χ1n) is 12.0. The molecule has 0 spiro atoms. The van der Waals surface area contributed by atoms with E-state index >= 15 is 0 Å². The van der Waals surface area contributed by atoms with Crippen LogP contribution in [0.15, 0.2) is 6.07 Å². The molecule has 5 heteroatoms. The molecule has 0 saturated carbocycles. The highest BCUT2D eigenvalue weighted by Gasteiger charge is 2.23. The molecule has 0 atom stereocenters. The molecule has 0 aromatic heterocycles. The van der Waals surface area contributed by atoms with Crippen LogP contribution in [-0.4, -0.2) is 59.1 Å². The second kappa shape index (κ2) is 10.1. The lowest BCUT2D eigenvalue weighted by Gasteiger charge is -2.31. The molecule has 0 aliphatic carbocycles. The summed E-state index contributed by atoms with van der Waals surface area (Å²) in [6.07, 6.45) is 11.7. The molecule has 1 aromatic rings. The van der Waals surface area contributed by atoms with Crippen molar-refractivity contribution in [2.75, 3.05) is 45.0 Å². The topological polar surface area (TPSA) is 56.0 Å². The van der Waals surface area contributed by atoms with E-state index in [2.05, 4.69) is 20.8 Å². The molecule has 0 radical (unpaired) electrons. The number of phenols is 1. The summed E-state index contributed by atoms with van der Waals surface area (Å²) in [4.78, 5) is 7.52. The predicted octanol–water partition coefficient (Wildman–Crippen LogP) is 3.93. The van der Waals surface area contributed by atoms with Crippen LogP contribution in [0.3, 0.4) is 0 Å². The lowest BCUT2D eigenvalue weighted by molar-refractivity contribution is 0.211. The lowest BCUT2D eigenvalue weighted by atomic mass is 9.97. The van der Waals surface area contributed by atoms with Crippen molar-refractivity contribution in [3.05, 3.63) is 22.8 Å². The van der Waals surface area contributed by atoms with Crippen LogP contribution in [0.1, 0.15) is 74.5 Å². The fourth-order valence-electron chi connectivity index (χ4n) is 5.34. The Labute approximate surface area is 176 Å². The number of nitrogens with zero attached hydrogens (tertiary/aromatic N) is 3. The van der Waals surface area contributed by atoms with E-state index in [-0.39, 0.29) is 0 Å². The molecular formula is C24H40N4O. The maximum atomic E-state index is 11.2. The predicted molar refractivity (Wildman–Crippen MR) is 120 cm³/mol. The van der Waals surface area contributed by atoms with E-state index in [4.69, 9.17) is 5.73 Å². The summed E-state index contributed by atoms with van der Waals surface area (Å²) >= 11 is 0.